The first kappa shape index (κ1) is 21.3. The Kier molecular flexibility index (Phi) is 6.47. The normalized spacial score (nSPS) is 10.9. The second-order valence-electron chi connectivity index (χ2n) is 7.27. The summed E-state index contributed by atoms with van der Waals surface area (Å²) in [6, 6.07) is 27.0. The fourth-order valence-corrected chi connectivity index (χ4v) is 3.95. The Balaban J connectivity index is 1.59. The highest BCUT2D eigenvalue weighted by atomic mass is 35.5. The van der Waals surface area contributed by atoms with Crippen LogP contribution in [0, 0.1) is 0 Å². The molecule has 0 saturated heterocycles. The maximum Gasteiger partial charge on any atom is 0.0727 e. The number of anilines is 2. The molecule has 3 nitrogen and oxygen atoms in total. The standard InChI is InChI=1S/C26H22Cl2N2O/c27-19-11-9-17(23(13-19)21-5-1-3-7-25(21)29)15-31-16-18-10-12-20(28)14-24(18)22-6-2-4-8-26(22)30/h1-14H,15-16,29-30H2. The molecule has 4 aromatic rings. The zero-order chi connectivity index (χ0) is 21.8. The fraction of sp³-hybridized carbons (Fsp3) is 0.0769. The van der Waals surface area contributed by atoms with Crippen molar-refractivity contribution in [3.63, 3.8) is 0 Å². The molecule has 0 aliphatic rings. The number of halogens is 2. The third kappa shape index (κ3) is 4.86. The predicted octanol–water partition coefficient (Wildman–Crippen LogP) is 7.21. The predicted molar refractivity (Wildman–Crippen MR) is 131 cm³/mol. The Morgan fingerprint density at radius 2 is 0.968 bits per heavy atom. The smallest absolute Gasteiger partial charge is 0.0727 e. The van der Waals surface area contributed by atoms with Crippen molar-refractivity contribution in [1.82, 2.24) is 0 Å². The van der Waals surface area contributed by atoms with Gasteiger partial charge in [0, 0.05) is 32.5 Å². The Hall–Kier alpha value is -2.98. The summed E-state index contributed by atoms with van der Waals surface area (Å²) in [5, 5.41) is 1.31. The van der Waals surface area contributed by atoms with Crippen molar-refractivity contribution in [1.29, 1.82) is 0 Å². The van der Waals surface area contributed by atoms with Crippen molar-refractivity contribution in [3.8, 4) is 22.3 Å². The quantitative estimate of drug-likeness (QED) is 0.306. The van der Waals surface area contributed by atoms with Gasteiger partial charge >= 0.3 is 0 Å². The summed E-state index contributed by atoms with van der Waals surface area (Å²) in [4.78, 5) is 0. The zero-order valence-electron chi connectivity index (χ0n) is 16.8. The summed E-state index contributed by atoms with van der Waals surface area (Å²) in [7, 11) is 0. The number of hydrogen-bond acceptors (Lipinski definition) is 3. The Labute approximate surface area is 192 Å². The first-order valence-corrected chi connectivity index (χ1v) is 10.6. The Morgan fingerprint density at radius 3 is 1.39 bits per heavy atom. The van der Waals surface area contributed by atoms with Gasteiger partial charge in [-0.1, -0.05) is 71.7 Å². The van der Waals surface area contributed by atoms with Crippen LogP contribution in [0.3, 0.4) is 0 Å². The van der Waals surface area contributed by atoms with E-state index in [9.17, 15) is 0 Å². The molecule has 0 aliphatic carbocycles. The molecule has 0 aliphatic heterocycles. The molecule has 0 amide bonds. The Bertz CT molecular complexity index is 1130. The minimum absolute atomic E-state index is 0.410. The second kappa shape index (κ2) is 9.44. The molecule has 0 fully saturated rings. The van der Waals surface area contributed by atoms with Gasteiger partial charge in [0.15, 0.2) is 0 Å². The van der Waals surface area contributed by atoms with Gasteiger partial charge < -0.3 is 16.2 Å². The molecule has 0 spiro atoms. The van der Waals surface area contributed by atoms with Crippen LogP contribution in [-0.4, -0.2) is 0 Å². The molecule has 0 unspecified atom stereocenters. The van der Waals surface area contributed by atoms with E-state index in [0.29, 0.717) is 34.6 Å². The van der Waals surface area contributed by atoms with E-state index in [-0.39, 0.29) is 0 Å². The van der Waals surface area contributed by atoms with Gasteiger partial charge in [-0.15, -0.1) is 0 Å². The molecule has 0 bridgehead atoms. The SMILES string of the molecule is Nc1ccccc1-c1cc(Cl)ccc1COCc1ccc(Cl)cc1-c1ccccc1N. The van der Waals surface area contributed by atoms with Gasteiger partial charge in [0.05, 0.1) is 13.2 Å². The number of rotatable bonds is 6. The first-order chi connectivity index (χ1) is 15.0. The van der Waals surface area contributed by atoms with Crippen LogP contribution >= 0.6 is 23.2 Å². The fourth-order valence-electron chi connectivity index (χ4n) is 3.61. The van der Waals surface area contributed by atoms with Crippen molar-refractivity contribution < 1.29 is 4.74 Å². The molecule has 156 valence electrons. The topological polar surface area (TPSA) is 61.3 Å². The summed E-state index contributed by atoms with van der Waals surface area (Å²) in [6.45, 7) is 0.820. The number of hydrogen-bond donors (Lipinski definition) is 2. The maximum atomic E-state index is 6.26. The number of nitrogens with two attached hydrogens (primary N) is 2. The van der Waals surface area contributed by atoms with E-state index in [0.717, 1.165) is 33.4 Å². The van der Waals surface area contributed by atoms with E-state index in [4.69, 9.17) is 39.4 Å². The van der Waals surface area contributed by atoms with Crippen molar-refractivity contribution in [2.24, 2.45) is 0 Å². The van der Waals surface area contributed by atoms with E-state index < -0.39 is 0 Å². The van der Waals surface area contributed by atoms with Crippen LogP contribution in [0.1, 0.15) is 11.1 Å². The van der Waals surface area contributed by atoms with Crippen molar-refractivity contribution in [2.45, 2.75) is 13.2 Å². The van der Waals surface area contributed by atoms with Gasteiger partial charge in [-0.2, -0.15) is 0 Å². The van der Waals surface area contributed by atoms with Gasteiger partial charge in [0.2, 0.25) is 0 Å². The maximum absolute atomic E-state index is 6.26. The molecule has 4 aromatic carbocycles. The van der Waals surface area contributed by atoms with Crippen molar-refractivity contribution in [3.05, 3.63) is 106 Å². The second-order valence-corrected chi connectivity index (χ2v) is 8.14. The number of ether oxygens (including phenoxy) is 1. The van der Waals surface area contributed by atoms with Crippen molar-refractivity contribution in [2.75, 3.05) is 11.5 Å². The molecule has 0 atom stereocenters. The lowest BCUT2D eigenvalue weighted by Crippen LogP contribution is -2.00. The van der Waals surface area contributed by atoms with Crippen LogP contribution < -0.4 is 11.5 Å². The molecule has 0 heterocycles. The van der Waals surface area contributed by atoms with E-state index >= 15 is 0 Å². The third-order valence-corrected chi connectivity index (χ3v) is 5.63. The number of nitrogen functional groups attached to an aromatic ring is 2. The molecule has 5 heteroatoms. The molecular weight excluding hydrogens is 427 g/mol. The summed E-state index contributed by atoms with van der Waals surface area (Å²) >= 11 is 12.5. The summed E-state index contributed by atoms with van der Waals surface area (Å²) in [6.07, 6.45) is 0. The largest absolute Gasteiger partial charge is 0.398 e. The molecule has 31 heavy (non-hydrogen) atoms. The van der Waals surface area contributed by atoms with Gasteiger partial charge in [-0.05, 0) is 58.7 Å². The summed E-state index contributed by atoms with van der Waals surface area (Å²) in [5.74, 6) is 0. The lowest BCUT2D eigenvalue weighted by atomic mass is 9.98. The molecule has 4 rings (SSSR count). The van der Waals surface area contributed by atoms with Crippen LogP contribution in [0.5, 0.6) is 0 Å². The highest BCUT2D eigenvalue weighted by molar-refractivity contribution is 6.31. The third-order valence-electron chi connectivity index (χ3n) is 5.16. The highest BCUT2D eigenvalue weighted by Crippen LogP contribution is 2.34. The molecule has 0 saturated carbocycles. The van der Waals surface area contributed by atoms with E-state index in [1.807, 2.05) is 84.9 Å². The monoisotopic (exact) mass is 448 g/mol. The summed E-state index contributed by atoms with van der Waals surface area (Å²) in [5.41, 5.74) is 19.6. The van der Waals surface area contributed by atoms with E-state index in [1.54, 1.807) is 0 Å². The molecular formula is C26H22Cl2N2O. The van der Waals surface area contributed by atoms with Crippen molar-refractivity contribution >= 4 is 34.6 Å². The molecule has 0 radical (unpaired) electrons. The lowest BCUT2D eigenvalue weighted by Gasteiger charge is -2.15. The molecule has 0 aromatic heterocycles. The van der Waals surface area contributed by atoms with Gasteiger partial charge in [-0.3, -0.25) is 0 Å². The van der Waals surface area contributed by atoms with Crippen LogP contribution in [0.25, 0.3) is 22.3 Å². The Morgan fingerprint density at radius 1 is 0.548 bits per heavy atom. The van der Waals surface area contributed by atoms with Crippen LogP contribution in [0.2, 0.25) is 10.0 Å². The number of para-hydroxylation sites is 2. The molecule has 4 N–H and O–H groups in total. The zero-order valence-corrected chi connectivity index (χ0v) is 18.3. The average Bonchev–Trinajstić information content (AvgIpc) is 2.76. The van der Waals surface area contributed by atoms with Crippen LogP contribution in [-0.2, 0) is 18.0 Å². The highest BCUT2D eigenvalue weighted by Gasteiger charge is 2.12. The summed E-state index contributed by atoms with van der Waals surface area (Å²) < 4.78 is 6.12. The first-order valence-electron chi connectivity index (χ1n) is 9.87. The van der Waals surface area contributed by atoms with Crippen LogP contribution in [0.4, 0.5) is 11.4 Å². The lowest BCUT2D eigenvalue weighted by molar-refractivity contribution is 0.108. The van der Waals surface area contributed by atoms with E-state index in [1.165, 1.54) is 0 Å². The number of benzene rings is 4. The van der Waals surface area contributed by atoms with E-state index in [2.05, 4.69) is 0 Å². The minimum Gasteiger partial charge on any atom is -0.398 e. The van der Waals surface area contributed by atoms with Gasteiger partial charge in [0.1, 0.15) is 0 Å². The minimum atomic E-state index is 0.410. The van der Waals surface area contributed by atoms with Gasteiger partial charge in [0.25, 0.3) is 0 Å². The average molecular weight is 449 g/mol. The van der Waals surface area contributed by atoms with Crippen LogP contribution in [0.15, 0.2) is 84.9 Å². The van der Waals surface area contributed by atoms with Gasteiger partial charge in [-0.25, -0.2) is 0 Å².